The lowest BCUT2D eigenvalue weighted by Gasteiger charge is -2.16. The summed E-state index contributed by atoms with van der Waals surface area (Å²) in [6.07, 6.45) is 2.09. The zero-order chi connectivity index (χ0) is 14.1. The first-order valence-corrected chi connectivity index (χ1v) is 6.37. The van der Waals surface area contributed by atoms with E-state index in [0.717, 1.165) is 24.4 Å². The molecule has 0 radical (unpaired) electrons. The molecule has 1 aliphatic heterocycles. The Kier molecular flexibility index (Phi) is 3.31. The SMILES string of the molecule is O=c1c2c(ncn1Cc1ccc(F)c(F)c1)CNCC2. The zero-order valence-corrected chi connectivity index (χ0v) is 10.7. The summed E-state index contributed by atoms with van der Waals surface area (Å²) in [6, 6.07) is 3.63. The van der Waals surface area contributed by atoms with Crippen LogP contribution in [-0.4, -0.2) is 16.1 Å². The molecule has 1 aromatic heterocycles. The van der Waals surface area contributed by atoms with Gasteiger partial charge in [0.25, 0.3) is 5.56 Å². The summed E-state index contributed by atoms with van der Waals surface area (Å²) in [4.78, 5) is 16.5. The zero-order valence-electron chi connectivity index (χ0n) is 10.7. The molecule has 0 spiro atoms. The molecule has 6 heteroatoms. The first kappa shape index (κ1) is 12.9. The third-order valence-electron chi connectivity index (χ3n) is 3.40. The van der Waals surface area contributed by atoms with E-state index in [-0.39, 0.29) is 12.1 Å². The Morgan fingerprint density at radius 1 is 1.30 bits per heavy atom. The van der Waals surface area contributed by atoms with E-state index in [1.807, 2.05) is 0 Å². The van der Waals surface area contributed by atoms with Gasteiger partial charge in [-0.3, -0.25) is 9.36 Å². The van der Waals surface area contributed by atoms with Crippen LogP contribution in [-0.2, 0) is 19.5 Å². The summed E-state index contributed by atoms with van der Waals surface area (Å²) < 4.78 is 27.5. The molecule has 3 rings (SSSR count). The van der Waals surface area contributed by atoms with Crippen LogP contribution in [0.2, 0.25) is 0 Å². The molecule has 4 nitrogen and oxygen atoms in total. The van der Waals surface area contributed by atoms with Gasteiger partial charge in [-0.05, 0) is 30.7 Å². The van der Waals surface area contributed by atoms with E-state index >= 15 is 0 Å². The number of hydrogen-bond acceptors (Lipinski definition) is 3. The van der Waals surface area contributed by atoms with Crippen molar-refractivity contribution in [2.45, 2.75) is 19.5 Å². The summed E-state index contributed by atoms with van der Waals surface area (Å²) in [5, 5.41) is 3.15. The number of aromatic nitrogens is 2. The third-order valence-corrected chi connectivity index (χ3v) is 3.40. The molecule has 2 aromatic rings. The smallest absolute Gasteiger partial charge is 0.257 e. The Hall–Kier alpha value is -2.08. The van der Waals surface area contributed by atoms with Crippen LogP contribution in [0.4, 0.5) is 8.78 Å². The van der Waals surface area contributed by atoms with Crippen molar-refractivity contribution in [3.63, 3.8) is 0 Å². The van der Waals surface area contributed by atoms with Crippen molar-refractivity contribution in [3.8, 4) is 0 Å². The van der Waals surface area contributed by atoms with Gasteiger partial charge in [0.05, 0.1) is 18.6 Å². The minimum Gasteiger partial charge on any atom is -0.311 e. The summed E-state index contributed by atoms with van der Waals surface area (Å²) >= 11 is 0. The molecule has 0 fully saturated rings. The van der Waals surface area contributed by atoms with E-state index in [0.29, 0.717) is 24.1 Å². The summed E-state index contributed by atoms with van der Waals surface area (Å²) in [5.74, 6) is -1.80. The standard InChI is InChI=1S/C14H13F2N3O/c15-11-2-1-9(5-12(11)16)7-19-8-18-13-6-17-4-3-10(13)14(19)20/h1-2,5,8,17H,3-4,6-7H2. The van der Waals surface area contributed by atoms with Gasteiger partial charge < -0.3 is 5.32 Å². The van der Waals surface area contributed by atoms with Crippen molar-refractivity contribution >= 4 is 0 Å². The van der Waals surface area contributed by atoms with Crippen molar-refractivity contribution in [3.05, 3.63) is 63.3 Å². The quantitative estimate of drug-likeness (QED) is 0.897. The average Bonchev–Trinajstić information content (AvgIpc) is 2.46. The van der Waals surface area contributed by atoms with Crippen LogP contribution in [0.15, 0.2) is 29.3 Å². The summed E-state index contributed by atoms with van der Waals surface area (Å²) in [5.41, 5.74) is 1.89. The van der Waals surface area contributed by atoms with Gasteiger partial charge in [-0.1, -0.05) is 6.07 Å². The molecule has 104 valence electrons. The molecular formula is C14H13F2N3O. The van der Waals surface area contributed by atoms with Gasteiger partial charge in [0, 0.05) is 12.1 Å². The molecule has 0 atom stereocenters. The van der Waals surface area contributed by atoms with Gasteiger partial charge >= 0.3 is 0 Å². The fraction of sp³-hybridized carbons (Fsp3) is 0.286. The van der Waals surface area contributed by atoms with E-state index in [2.05, 4.69) is 10.3 Å². The second-order valence-corrected chi connectivity index (χ2v) is 4.78. The number of nitrogens with one attached hydrogen (secondary N) is 1. The van der Waals surface area contributed by atoms with E-state index in [1.54, 1.807) is 0 Å². The molecule has 20 heavy (non-hydrogen) atoms. The van der Waals surface area contributed by atoms with Gasteiger partial charge in [0.15, 0.2) is 11.6 Å². The molecule has 0 bridgehead atoms. The maximum atomic E-state index is 13.2. The van der Waals surface area contributed by atoms with Crippen molar-refractivity contribution < 1.29 is 8.78 Å². The van der Waals surface area contributed by atoms with Crippen molar-refractivity contribution in [1.82, 2.24) is 14.9 Å². The first-order chi connectivity index (χ1) is 9.65. The molecule has 0 unspecified atom stereocenters. The Morgan fingerprint density at radius 3 is 2.95 bits per heavy atom. The lowest BCUT2D eigenvalue weighted by atomic mass is 10.1. The molecule has 2 heterocycles. The monoisotopic (exact) mass is 277 g/mol. The Balaban J connectivity index is 1.95. The molecule has 1 N–H and O–H groups in total. The topological polar surface area (TPSA) is 46.9 Å². The molecular weight excluding hydrogens is 264 g/mol. The minimum atomic E-state index is -0.911. The number of rotatable bonds is 2. The maximum absolute atomic E-state index is 13.2. The first-order valence-electron chi connectivity index (χ1n) is 6.37. The minimum absolute atomic E-state index is 0.110. The normalized spacial score (nSPS) is 14.1. The number of nitrogens with zero attached hydrogens (tertiary/aromatic N) is 2. The average molecular weight is 277 g/mol. The number of hydrogen-bond donors (Lipinski definition) is 1. The predicted octanol–water partition coefficient (Wildman–Crippen LogP) is 1.22. The highest BCUT2D eigenvalue weighted by Crippen LogP contribution is 2.10. The highest BCUT2D eigenvalue weighted by molar-refractivity contribution is 5.22. The fourth-order valence-corrected chi connectivity index (χ4v) is 2.34. The Labute approximate surface area is 114 Å². The van der Waals surface area contributed by atoms with Crippen LogP contribution in [0.25, 0.3) is 0 Å². The molecule has 1 aromatic carbocycles. The third kappa shape index (κ3) is 2.34. The van der Waals surface area contributed by atoms with Gasteiger partial charge in [0.1, 0.15) is 0 Å². The van der Waals surface area contributed by atoms with Crippen LogP contribution >= 0.6 is 0 Å². The van der Waals surface area contributed by atoms with Crippen LogP contribution in [0.3, 0.4) is 0 Å². The van der Waals surface area contributed by atoms with Gasteiger partial charge in [-0.2, -0.15) is 0 Å². The lowest BCUT2D eigenvalue weighted by molar-refractivity contribution is 0.506. The predicted molar refractivity (Wildman–Crippen MR) is 69.4 cm³/mol. The second-order valence-electron chi connectivity index (χ2n) is 4.78. The Bertz CT molecular complexity index is 712. The van der Waals surface area contributed by atoms with Crippen molar-refractivity contribution in [1.29, 1.82) is 0 Å². The number of benzene rings is 1. The highest BCUT2D eigenvalue weighted by Gasteiger charge is 2.15. The van der Waals surface area contributed by atoms with Crippen LogP contribution in [0.5, 0.6) is 0 Å². The highest BCUT2D eigenvalue weighted by atomic mass is 19.2. The molecule has 1 aliphatic rings. The van der Waals surface area contributed by atoms with E-state index in [1.165, 1.54) is 17.0 Å². The van der Waals surface area contributed by atoms with Crippen LogP contribution in [0.1, 0.15) is 16.8 Å². The summed E-state index contributed by atoms with van der Waals surface area (Å²) in [6.45, 7) is 1.53. The second kappa shape index (κ2) is 5.13. The van der Waals surface area contributed by atoms with E-state index in [9.17, 15) is 13.6 Å². The maximum Gasteiger partial charge on any atom is 0.257 e. The molecule has 0 saturated carbocycles. The number of fused-ring (bicyclic) bond motifs is 1. The van der Waals surface area contributed by atoms with E-state index in [4.69, 9.17) is 0 Å². The molecule has 0 saturated heterocycles. The largest absolute Gasteiger partial charge is 0.311 e. The van der Waals surface area contributed by atoms with Crippen molar-refractivity contribution in [2.24, 2.45) is 0 Å². The van der Waals surface area contributed by atoms with Gasteiger partial charge in [-0.15, -0.1) is 0 Å². The molecule has 0 amide bonds. The van der Waals surface area contributed by atoms with Crippen LogP contribution in [0, 0.1) is 11.6 Å². The van der Waals surface area contributed by atoms with Gasteiger partial charge in [-0.25, -0.2) is 13.8 Å². The van der Waals surface area contributed by atoms with Crippen LogP contribution < -0.4 is 10.9 Å². The summed E-state index contributed by atoms with van der Waals surface area (Å²) in [7, 11) is 0. The van der Waals surface area contributed by atoms with Gasteiger partial charge in [0.2, 0.25) is 0 Å². The Morgan fingerprint density at radius 2 is 2.15 bits per heavy atom. The van der Waals surface area contributed by atoms with Crippen molar-refractivity contribution in [2.75, 3.05) is 6.54 Å². The lowest BCUT2D eigenvalue weighted by Crippen LogP contribution is -2.34. The van der Waals surface area contributed by atoms with E-state index < -0.39 is 11.6 Å². The number of halogens is 2. The fourth-order valence-electron chi connectivity index (χ4n) is 2.34. The molecule has 0 aliphatic carbocycles.